The topological polar surface area (TPSA) is 273 Å². The van der Waals surface area contributed by atoms with E-state index in [1.807, 2.05) is 0 Å². The fraction of sp³-hybridized carbons (Fsp3) is 0.632. The number of nitrogens with one attached hydrogen (secondary N) is 3. The van der Waals surface area contributed by atoms with Gasteiger partial charge in [-0.15, -0.1) is 0 Å². The standard InChI is InChI=1S/C19H32N8O8/c1-8(2)15(18(34)35)26-16(32)10(4-14(30)31)25-12(28)6-23-17(33)11-3-9(24-19(21)22)7-27(11)13(29)5-20/h8-11,15H,3-7,20H2,1-2H3,(H,23,33)(H,25,28)(H,26,32)(H,30,31)(H,34,35)(H4,21,22,24)/t9-,10-,11+,15-/m0/s1. The number of hydrogen-bond acceptors (Lipinski definition) is 8. The maximum atomic E-state index is 12.6. The lowest BCUT2D eigenvalue weighted by Gasteiger charge is -2.24. The largest absolute Gasteiger partial charge is 0.481 e. The summed E-state index contributed by atoms with van der Waals surface area (Å²) in [6, 6.07) is -4.45. The molecule has 1 rings (SSSR count). The van der Waals surface area contributed by atoms with Crippen LogP contribution in [-0.2, 0) is 28.8 Å². The Morgan fingerprint density at radius 3 is 2.20 bits per heavy atom. The van der Waals surface area contributed by atoms with Crippen molar-refractivity contribution in [1.29, 1.82) is 0 Å². The Morgan fingerprint density at radius 2 is 1.71 bits per heavy atom. The van der Waals surface area contributed by atoms with Gasteiger partial charge in [-0.05, 0) is 5.92 Å². The number of carboxylic acids is 2. The van der Waals surface area contributed by atoms with E-state index < -0.39 is 78.6 Å². The van der Waals surface area contributed by atoms with E-state index in [9.17, 15) is 33.9 Å². The van der Waals surface area contributed by atoms with E-state index in [4.69, 9.17) is 22.3 Å². The molecule has 196 valence electrons. The first kappa shape index (κ1) is 29.1. The summed E-state index contributed by atoms with van der Waals surface area (Å²) in [6.45, 7) is 2.11. The van der Waals surface area contributed by atoms with Gasteiger partial charge < -0.3 is 48.3 Å². The molecule has 0 saturated carbocycles. The molecule has 0 aliphatic carbocycles. The molecule has 0 bridgehead atoms. The van der Waals surface area contributed by atoms with E-state index in [-0.39, 0.29) is 25.5 Å². The van der Waals surface area contributed by atoms with Gasteiger partial charge in [0.25, 0.3) is 0 Å². The molecule has 0 aromatic carbocycles. The molecule has 0 unspecified atom stereocenters. The first-order valence-electron chi connectivity index (χ1n) is 10.7. The number of guanidine groups is 1. The van der Waals surface area contributed by atoms with E-state index in [0.717, 1.165) is 0 Å². The number of aliphatic imine (C=N–C) groups is 1. The minimum absolute atomic E-state index is 0.0413. The molecule has 1 fully saturated rings. The Balaban J connectivity index is 2.82. The molecular formula is C19H32N8O8. The highest BCUT2D eigenvalue weighted by molar-refractivity contribution is 5.95. The minimum atomic E-state index is -1.59. The summed E-state index contributed by atoms with van der Waals surface area (Å²) in [5.41, 5.74) is 16.1. The smallest absolute Gasteiger partial charge is 0.326 e. The second-order valence-corrected chi connectivity index (χ2v) is 8.21. The maximum Gasteiger partial charge on any atom is 0.326 e. The Hall–Kier alpha value is -3.95. The van der Waals surface area contributed by atoms with E-state index >= 15 is 0 Å². The van der Waals surface area contributed by atoms with Crippen molar-refractivity contribution in [3.63, 3.8) is 0 Å². The highest BCUT2D eigenvalue weighted by Gasteiger charge is 2.39. The lowest BCUT2D eigenvalue weighted by molar-refractivity contribution is -0.144. The van der Waals surface area contributed by atoms with Crippen LogP contribution in [-0.4, -0.2) is 100 Å². The van der Waals surface area contributed by atoms with Crippen molar-refractivity contribution < 1.29 is 39.0 Å². The molecule has 0 aromatic heterocycles. The maximum absolute atomic E-state index is 12.6. The molecular weight excluding hydrogens is 468 g/mol. The van der Waals surface area contributed by atoms with Gasteiger partial charge in [0.15, 0.2) is 5.96 Å². The van der Waals surface area contributed by atoms with Gasteiger partial charge >= 0.3 is 11.9 Å². The quantitative estimate of drug-likeness (QED) is 0.0933. The van der Waals surface area contributed by atoms with Gasteiger partial charge in [0.2, 0.25) is 23.6 Å². The van der Waals surface area contributed by atoms with Crippen molar-refractivity contribution in [1.82, 2.24) is 20.9 Å². The van der Waals surface area contributed by atoms with Gasteiger partial charge in [-0.1, -0.05) is 13.8 Å². The number of carbonyl (C=O) groups is 6. The Kier molecular flexibility index (Phi) is 10.9. The zero-order valence-corrected chi connectivity index (χ0v) is 19.4. The minimum Gasteiger partial charge on any atom is -0.481 e. The van der Waals surface area contributed by atoms with Crippen molar-refractivity contribution in [3.05, 3.63) is 0 Å². The number of carbonyl (C=O) groups excluding carboxylic acids is 4. The SMILES string of the molecule is CC(C)[C@H](NC(=O)[C@H](CC(=O)O)NC(=O)CNC(=O)[C@H]1C[C@H](N=C(N)N)CN1C(=O)CN)C(=O)O. The predicted octanol–water partition coefficient (Wildman–Crippen LogP) is -4.51. The Morgan fingerprint density at radius 1 is 1.09 bits per heavy atom. The fourth-order valence-corrected chi connectivity index (χ4v) is 3.44. The van der Waals surface area contributed by atoms with Crippen LogP contribution in [0, 0.1) is 5.92 Å². The van der Waals surface area contributed by atoms with Crippen molar-refractivity contribution in [2.24, 2.45) is 28.1 Å². The second-order valence-electron chi connectivity index (χ2n) is 8.21. The van der Waals surface area contributed by atoms with Gasteiger partial charge in [-0.25, -0.2) is 9.79 Å². The van der Waals surface area contributed by atoms with Crippen LogP contribution in [0.15, 0.2) is 4.99 Å². The average Bonchev–Trinajstić information content (AvgIpc) is 3.16. The molecule has 0 spiro atoms. The third-order valence-corrected chi connectivity index (χ3v) is 5.09. The van der Waals surface area contributed by atoms with E-state index in [1.165, 1.54) is 4.90 Å². The monoisotopic (exact) mass is 500 g/mol. The average molecular weight is 501 g/mol. The zero-order chi connectivity index (χ0) is 26.9. The molecule has 4 amide bonds. The second kappa shape index (κ2) is 13.1. The number of hydrogen-bond donors (Lipinski definition) is 8. The molecule has 4 atom stereocenters. The highest BCUT2D eigenvalue weighted by atomic mass is 16.4. The zero-order valence-electron chi connectivity index (χ0n) is 19.4. The van der Waals surface area contributed by atoms with E-state index in [2.05, 4.69) is 20.9 Å². The first-order chi connectivity index (χ1) is 16.3. The van der Waals surface area contributed by atoms with Crippen LogP contribution >= 0.6 is 0 Å². The molecule has 1 saturated heterocycles. The molecule has 0 aromatic rings. The molecule has 35 heavy (non-hydrogen) atoms. The number of amides is 4. The molecule has 1 aliphatic heterocycles. The lowest BCUT2D eigenvalue weighted by Crippen LogP contribution is -2.55. The van der Waals surface area contributed by atoms with Gasteiger partial charge in [0.1, 0.15) is 18.1 Å². The number of nitrogens with zero attached hydrogens (tertiary/aromatic N) is 2. The van der Waals surface area contributed by atoms with Crippen LogP contribution in [0.3, 0.4) is 0 Å². The summed E-state index contributed by atoms with van der Waals surface area (Å²) >= 11 is 0. The number of rotatable bonds is 12. The summed E-state index contributed by atoms with van der Waals surface area (Å²) in [5.74, 6) is -6.63. The number of aliphatic carboxylic acids is 2. The van der Waals surface area contributed by atoms with Crippen LogP contribution in [0.25, 0.3) is 0 Å². The van der Waals surface area contributed by atoms with Gasteiger partial charge in [-0.3, -0.25) is 24.0 Å². The van der Waals surface area contributed by atoms with Crippen LogP contribution in [0.4, 0.5) is 0 Å². The molecule has 16 nitrogen and oxygen atoms in total. The summed E-state index contributed by atoms with van der Waals surface area (Å²) in [5, 5.41) is 24.9. The van der Waals surface area contributed by atoms with Crippen LogP contribution in [0.2, 0.25) is 0 Å². The summed E-state index contributed by atoms with van der Waals surface area (Å²) < 4.78 is 0. The number of nitrogens with two attached hydrogens (primary N) is 3. The van der Waals surface area contributed by atoms with Crippen LogP contribution in [0.5, 0.6) is 0 Å². The van der Waals surface area contributed by atoms with Crippen molar-refractivity contribution in [2.75, 3.05) is 19.6 Å². The van der Waals surface area contributed by atoms with Gasteiger partial charge in [0.05, 0.1) is 25.6 Å². The number of likely N-dealkylation sites (tertiary alicyclic amines) is 1. The Bertz CT molecular complexity index is 873. The Labute approximate surface area is 200 Å². The molecule has 1 aliphatic rings. The third kappa shape index (κ3) is 9.07. The summed E-state index contributed by atoms with van der Waals surface area (Å²) in [4.78, 5) is 77.0. The lowest BCUT2D eigenvalue weighted by atomic mass is 10.0. The molecule has 16 heteroatoms. The van der Waals surface area contributed by atoms with Crippen LogP contribution < -0.4 is 33.2 Å². The van der Waals surface area contributed by atoms with Crippen LogP contribution in [0.1, 0.15) is 26.7 Å². The fourth-order valence-electron chi connectivity index (χ4n) is 3.44. The molecule has 11 N–H and O–H groups in total. The van der Waals surface area contributed by atoms with Gasteiger partial charge in [0, 0.05) is 13.0 Å². The third-order valence-electron chi connectivity index (χ3n) is 5.09. The van der Waals surface area contributed by atoms with Gasteiger partial charge in [-0.2, -0.15) is 0 Å². The highest BCUT2D eigenvalue weighted by Crippen LogP contribution is 2.20. The van der Waals surface area contributed by atoms with Crippen molar-refractivity contribution >= 4 is 41.5 Å². The van der Waals surface area contributed by atoms with E-state index in [0.29, 0.717) is 0 Å². The normalized spacial score (nSPS) is 18.8. The first-order valence-corrected chi connectivity index (χ1v) is 10.7. The van der Waals surface area contributed by atoms with Crippen molar-refractivity contribution in [2.45, 2.75) is 50.9 Å². The summed E-state index contributed by atoms with van der Waals surface area (Å²) in [6.07, 6.45) is -0.746. The van der Waals surface area contributed by atoms with Crippen molar-refractivity contribution in [3.8, 4) is 0 Å². The van der Waals surface area contributed by atoms with E-state index in [1.54, 1.807) is 13.8 Å². The molecule has 1 heterocycles. The summed E-state index contributed by atoms with van der Waals surface area (Å²) in [7, 11) is 0. The number of carboxylic acid groups (broad SMARTS) is 2. The molecule has 0 radical (unpaired) electrons. The predicted molar refractivity (Wildman–Crippen MR) is 120 cm³/mol.